The lowest BCUT2D eigenvalue weighted by atomic mass is 10.0. The number of methoxy groups -OCH3 is 1. The standard InChI is InChI=1S/C16H23ClN2O3/c1-11(15(22-2)12-5-7-13(17)8-6-12)18-16(21)19-9-3-4-14(19)10-20/h5-8,11,14-15,20H,3-4,9-10H2,1-2H3,(H,18,21). The number of amides is 2. The van der Waals surface area contributed by atoms with E-state index in [4.69, 9.17) is 16.3 Å². The lowest BCUT2D eigenvalue weighted by Gasteiger charge is -2.29. The molecule has 0 aromatic heterocycles. The Morgan fingerprint density at radius 2 is 2.18 bits per heavy atom. The van der Waals surface area contributed by atoms with Crippen molar-refractivity contribution in [1.82, 2.24) is 10.2 Å². The van der Waals surface area contributed by atoms with Gasteiger partial charge in [0.15, 0.2) is 0 Å². The number of nitrogens with zero attached hydrogens (tertiary/aromatic N) is 1. The van der Waals surface area contributed by atoms with E-state index in [0.717, 1.165) is 18.4 Å². The van der Waals surface area contributed by atoms with Crippen molar-refractivity contribution in [2.24, 2.45) is 0 Å². The summed E-state index contributed by atoms with van der Waals surface area (Å²) in [7, 11) is 1.62. The highest BCUT2D eigenvalue weighted by molar-refractivity contribution is 6.30. The van der Waals surface area contributed by atoms with Crippen LogP contribution >= 0.6 is 11.6 Å². The largest absolute Gasteiger partial charge is 0.394 e. The highest BCUT2D eigenvalue weighted by Crippen LogP contribution is 2.23. The summed E-state index contributed by atoms with van der Waals surface area (Å²) in [5.41, 5.74) is 0.958. The Balaban J connectivity index is 2.01. The molecule has 22 heavy (non-hydrogen) atoms. The number of halogens is 1. The fraction of sp³-hybridized carbons (Fsp3) is 0.562. The summed E-state index contributed by atoms with van der Waals surface area (Å²) in [6, 6.07) is 6.97. The average Bonchev–Trinajstić information content (AvgIpc) is 2.98. The molecule has 3 atom stereocenters. The Morgan fingerprint density at radius 3 is 2.77 bits per heavy atom. The quantitative estimate of drug-likeness (QED) is 0.874. The molecular weight excluding hydrogens is 304 g/mol. The molecule has 1 aliphatic heterocycles. The zero-order valence-electron chi connectivity index (χ0n) is 13.0. The summed E-state index contributed by atoms with van der Waals surface area (Å²) in [6.45, 7) is 2.60. The summed E-state index contributed by atoms with van der Waals surface area (Å²) >= 11 is 5.90. The lowest BCUT2D eigenvalue weighted by molar-refractivity contribution is 0.0721. The van der Waals surface area contributed by atoms with Gasteiger partial charge >= 0.3 is 6.03 Å². The number of nitrogens with one attached hydrogen (secondary N) is 1. The molecule has 6 heteroatoms. The second-order valence-electron chi connectivity index (χ2n) is 5.62. The van der Waals surface area contributed by atoms with Gasteiger partial charge in [-0.3, -0.25) is 0 Å². The third-order valence-corrected chi connectivity index (χ3v) is 4.36. The predicted molar refractivity (Wildman–Crippen MR) is 86.0 cm³/mol. The van der Waals surface area contributed by atoms with Crippen LogP contribution in [0.15, 0.2) is 24.3 Å². The van der Waals surface area contributed by atoms with Crippen molar-refractivity contribution in [3.05, 3.63) is 34.9 Å². The normalized spacial score (nSPS) is 20.7. The lowest BCUT2D eigenvalue weighted by Crippen LogP contribution is -2.48. The SMILES string of the molecule is COC(c1ccc(Cl)cc1)C(C)NC(=O)N1CCCC1CO. The third kappa shape index (κ3) is 3.91. The van der Waals surface area contributed by atoms with Crippen LogP contribution in [-0.4, -0.2) is 48.4 Å². The first-order valence-corrected chi connectivity index (χ1v) is 7.91. The number of carbonyl (C=O) groups excluding carboxylic acids is 1. The van der Waals surface area contributed by atoms with E-state index in [1.54, 1.807) is 24.1 Å². The van der Waals surface area contributed by atoms with Gasteiger partial charge in [0.05, 0.1) is 18.7 Å². The fourth-order valence-corrected chi connectivity index (χ4v) is 3.05. The van der Waals surface area contributed by atoms with E-state index < -0.39 is 0 Å². The smallest absolute Gasteiger partial charge is 0.318 e. The number of urea groups is 1. The second kappa shape index (κ2) is 7.81. The molecule has 1 saturated heterocycles. The minimum absolute atomic E-state index is 0.00664. The molecule has 0 saturated carbocycles. The van der Waals surface area contributed by atoms with Crippen LogP contribution in [0.5, 0.6) is 0 Å². The molecule has 5 nitrogen and oxygen atoms in total. The first-order valence-electron chi connectivity index (χ1n) is 7.53. The molecule has 1 aromatic rings. The van der Waals surface area contributed by atoms with Crippen LogP contribution in [-0.2, 0) is 4.74 Å². The molecule has 1 aliphatic rings. The number of hydrogen-bond donors (Lipinski definition) is 2. The Bertz CT molecular complexity index is 495. The zero-order chi connectivity index (χ0) is 16.1. The van der Waals surface area contributed by atoms with Crippen LogP contribution in [0.1, 0.15) is 31.4 Å². The van der Waals surface area contributed by atoms with Crippen LogP contribution in [0.4, 0.5) is 4.79 Å². The Morgan fingerprint density at radius 1 is 1.50 bits per heavy atom. The fourth-order valence-electron chi connectivity index (χ4n) is 2.93. The maximum Gasteiger partial charge on any atom is 0.318 e. The highest BCUT2D eigenvalue weighted by atomic mass is 35.5. The number of ether oxygens (including phenoxy) is 1. The monoisotopic (exact) mass is 326 g/mol. The Kier molecular flexibility index (Phi) is 6.06. The molecule has 2 rings (SSSR count). The molecule has 0 radical (unpaired) electrons. The van der Waals surface area contributed by atoms with Crippen LogP contribution < -0.4 is 5.32 Å². The van der Waals surface area contributed by atoms with Crippen molar-refractivity contribution in [2.75, 3.05) is 20.3 Å². The number of aliphatic hydroxyl groups is 1. The summed E-state index contributed by atoms with van der Waals surface area (Å²) < 4.78 is 5.53. The average molecular weight is 327 g/mol. The van der Waals surface area contributed by atoms with Gasteiger partial charge in [-0.15, -0.1) is 0 Å². The number of likely N-dealkylation sites (tertiary alicyclic amines) is 1. The zero-order valence-corrected chi connectivity index (χ0v) is 13.7. The van der Waals surface area contributed by atoms with E-state index in [2.05, 4.69) is 5.32 Å². The predicted octanol–water partition coefficient (Wildman–Crippen LogP) is 2.58. The molecule has 2 amide bonds. The van der Waals surface area contributed by atoms with E-state index in [-0.39, 0.29) is 30.8 Å². The molecular formula is C16H23ClN2O3. The molecule has 1 fully saturated rings. The van der Waals surface area contributed by atoms with Crippen molar-refractivity contribution < 1.29 is 14.6 Å². The first kappa shape index (κ1) is 17.1. The molecule has 122 valence electrons. The first-order chi connectivity index (χ1) is 10.6. The molecule has 2 N–H and O–H groups in total. The van der Waals surface area contributed by atoms with Crippen molar-refractivity contribution in [1.29, 1.82) is 0 Å². The van der Waals surface area contributed by atoms with E-state index in [1.807, 2.05) is 19.1 Å². The van der Waals surface area contributed by atoms with Gasteiger partial charge in [0.1, 0.15) is 6.10 Å². The Labute approximate surface area is 136 Å². The number of carbonyl (C=O) groups is 1. The number of rotatable bonds is 5. The maximum atomic E-state index is 12.4. The van der Waals surface area contributed by atoms with E-state index in [0.29, 0.717) is 11.6 Å². The van der Waals surface area contributed by atoms with Gasteiger partial charge in [-0.25, -0.2) is 4.79 Å². The third-order valence-electron chi connectivity index (χ3n) is 4.11. The molecule has 1 heterocycles. The molecule has 0 bridgehead atoms. The number of hydrogen-bond acceptors (Lipinski definition) is 3. The van der Waals surface area contributed by atoms with Gasteiger partial charge in [-0.1, -0.05) is 23.7 Å². The molecule has 3 unspecified atom stereocenters. The Hall–Kier alpha value is -1.30. The topological polar surface area (TPSA) is 61.8 Å². The van der Waals surface area contributed by atoms with Gasteiger partial charge in [0.2, 0.25) is 0 Å². The van der Waals surface area contributed by atoms with Crippen molar-refractivity contribution in [3.8, 4) is 0 Å². The molecule has 1 aromatic carbocycles. The van der Waals surface area contributed by atoms with Crippen LogP contribution in [0.2, 0.25) is 5.02 Å². The summed E-state index contributed by atoms with van der Waals surface area (Å²) in [5, 5.41) is 13.0. The van der Waals surface area contributed by atoms with Crippen LogP contribution in [0, 0.1) is 0 Å². The maximum absolute atomic E-state index is 12.4. The minimum atomic E-state index is -0.253. The van der Waals surface area contributed by atoms with Crippen molar-refractivity contribution >= 4 is 17.6 Å². The van der Waals surface area contributed by atoms with Gasteiger partial charge in [-0.2, -0.15) is 0 Å². The van der Waals surface area contributed by atoms with Crippen molar-refractivity contribution in [2.45, 2.75) is 38.0 Å². The van der Waals surface area contributed by atoms with Crippen molar-refractivity contribution in [3.63, 3.8) is 0 Å². The van der Waals surface area contributed by atoms with E-state index in [9.17, 15) is 9.90 Å². The number of aliphatic hydroxyl groups excluding tert-OH is 1. The van der Waals surface area contributed by atoms with Crippen LogP contribution in [0.3, 0.4) is 0 Å². The summed E-state index contributed by atoms with van der Waals surface area (Å²) in [6.07, 6.45) is 1.53. The molecule has 0 aliphatic carbocycles. The van der Waals surface area contributed by atoms with Crippen LogP contribution in [0.25, 0.3) is 0 Å². The van der Waals surface area contributed by atoms with E-state index in [1.165, 1.54) is 0 Å². The molecule has 0 spiro atoms. The second-order valence-corrected chi connectivity index (χ2v) is 6.05. The van der Waals surface area contributed by atoms with Gasteiger partial charge in [0.25, 0.3) is 0 Å². The summed E-state index contributed by atoms with van der Waals surface area (Å²) in [4.78, 5) is 14.1. The highest BCUT2D eigenvalue weighted by Gasteiger charge is 2.30. The van der Waals surface area contributed by atoms with E-state index >= 15 is 0 Å². The number of benzene rings is 1. The summed E-state index contributed by atoms with van der Waals surface area (Å²) in [5.74, 6) is 0. The van der Waals surface area contributed by atoms with Gasteiger partial charge < -0.3 is 20.1 Å². The minimum Gasteiger partial charge on any atom is -0.394 e. The van der Waals surface area contributed by atoms with Gasteiger partial charge in [0, 0.05) is 18.7 Å². The van der Waals surface area contributed by atoms with Gasteiger partial charge in [-0.05, 0) is 37.5 Å².